The lowest BCUT2D eigenvalue weighted by atomic mass is 9.93. The molecule has 0 aliphatic carbocycles. The van der Waals surface area contributed by atoms with E-state index in [0.717, 1.165) is 39.8 Å². The van der Waals surface area contributed by atoms with E-state index in [4.69, 9.17) is 9.73 Å². The number of carbonyl (C=O) groups is 2. The molecule has 0 aromatic heterocycles. The van der Waals surface area contributed by atoms with Gasteiger partial charge in [0.1, 0.15) is 6.04 Å². The van der Waals surface area contributed by atoms with Crippen molar-refractivity contribution < 1.29 is 14.3 Å². The number of ether oxygens (including phenoxy) is 1. The van der Waals surface area contributed by atoms with E-state index in [1.54, 1.807) is 11.8 Å². The van der Waals surface area contributed by atoms with Crippen molar-refractivity contribution in [2.75, 3.05) is 18.1 Å². The van der Waals surface area contributed by atoms with Crippen LogP contribution in [0.1, 0.15) is 51.2 Å². The first-order valence-corrected chi connectivity index (χ1v) is 11.7. The largest absolute Gasteiger partial charge is 0.466 e. The third-order valence-corrected chi connectivity index (χ3v) is 6.17. The molecule has 1 aliphatic rings. The third kappa shape index (κ3) is 5.24. The zero-order valence-corrected chi connectivity index (χ0v) is 19.9. The van der Waals surface area contributed by atoms with Crippen molar-refractivity contribution in [2.45, 2.75) is 46.1 Å². The van der Waals surface area contributed by atoms with Gasteiger partial charge in [0.15, 0.2) is 0 Å². The molecule has 1 amide bonds. The molecule has 0 saturated carbocycles. The van der Waals surface area contributed by atoms with Gasteiger partial charge in [-0.05, 0) is 31.0 Å². The van der Waals surface area contributed by atoms with Gasteiger partial charge in [0.2, 0.25) is 0 Å². The van der Waals surface area contributed by atoms with Crippen LogP contribution in [0.2, 0.25) is 0 Å². The van der Waals surface area contributed by atoms with Crippen LogP contribution >= 0.6 is 15.9 Å². The molecule has 3 rings (SSSR count). The first-order valence-electron chi connectivity index (χ1n) is 10.9. The van der Waals surface area contributed by atoms with E-state index < -0.39 is 6.04 Å². The number of hydrogen-bond donors (Lipinski definition) is 0. The quantitative estimate of drug-likeness (QED) is 0.471. The van der Waals surface area contributed by atoms with Gasteiger partial charge in [-0.15, -0.1) is 0 Å². The number of esters is 1. The summed E-state index contributed by atoms with van der Waals surface area (Å²) in [4.78, 5) is 32.6. The van der Waals surface area contributed by atoms with E-state index >= 15 is 0 Å². The van der Waals surface area contributed by atoms with Crippen LogP contribution in [-0.4, -0.2) is 36.8 Å². The van der Waals surface area contributed by atoms with Crippen LogP contribution in [0.4, 0.5) is 5.69 Å². The summed E-state index contributed by atoms with van der Waals surface area (Å²) in [6.07, 6.45) is 1.85. The molecule has 5 nitrogen and oxygen atoms in total. The van der Waals surface area contributed by atoms with Gasteiger partial charge < -0.3 is 9.64 Å². The molecule has 2 aromatic carbocycles. The number of benzodiazepines with no additional fused rings is 1. The molecule has 2 aromatic rings. The van der Waals surface area contributed by atoms with Crippen LogP contribution < -0.4 is 4.90 Å². The number of anilines is 1. The van der Waals surface area contributed by atoms with Crippen molar-refractivity contribution in [1.82, 2.24) is 0 Å². The summed E-state index contributed by atoms with van der Waals surface area (Å²) in [5, 5.41) is 0. The average molecular weight is 485 g/mol. The van der Waals surface area contributed by atoms with Gasteiger partial charge in [0.05, 0.1) is 24.4 Å². The topological polar surface area (TPSA) is 59.0 Å². The Morgan fingerprint density at radius 1 is 1.13 bits per heavy atom. The summed E-state index contributed by atoms with van der Waals surface area (Å²) in [5.74, 6) is -0.247. The predicted molar refractivity (Wildman–Crippen MR) is 128 cm³/mol. The van der Waals surface area contributed by atoms with Crippen LogP contribution in [-0.2, 0) is 14.3 Å². The van der Waals surface area contributed by atoms with Gasteiger partial charge in [0, 0.05) is 22.1 Å². The minimum atomic E-state index is -0.501. The van der Waals surface area contributed by atoms with E-state index in [-0.39, 0.29) is 30.8 Å². The van der Waals surface area contributed by atoms with Crippen molar-refractivity contribution in [3.05, 3.63) is 64.1 Å². The molecule has 1 atom stereocenters. The van der Waals surface area contributed by atoms with Crippen molar-refractivity contribution in [2.24, 2.45) is 10.9 Å². The van der Waals surface area contributed by atoms with Crippen LogP contribution in [0.15, 0.2) is 58.0 Å². The number of fused-ring (bicyclic) bond motifs is 1. The molecule has 0 saturated heterocycles. The number of hydrogen-bond acceptors (Lipinski definition) is 4. The molecule has 0 bridgehead atoms. The third-order valence-electron chi connectivity index (χ3n) is 5.68. The molecule has 0 radical (unpaired) electrons. The molecule has 1 heterocycles. The Bertz CT molecular complexity index is 954. The summed E-state index contributed by atoms with van der Waals surface area (Å²) in [7, 11) is 0. The summed E-state index contributed by atoms with van der Waals surface area (Å²) in [5.41, 5.74) is 3.43. The number of benzene rings is 2. The lowest BCUT2D eigenvalue weighted by Crippen LogP contribution is -2.42. The maximum atomic E-state index is 13.8. The summed E-state index contributed by atoms with van der Waals surface area (Å²) >= 11 is 3.57. The minimum Gasteiger partial charge on any atom is -0.466 e. The maximum absolute atomic E-state index is 13.8. The molecule has 1 aliphatic heterocycles. The summed E-state index contributed by atoms with van der Waals surface area (Å²) < 4.78 is 6.01. The van der Waals surface area contributed by atoms with Crippen LogP contribution in [0.5, 0.6) is 0 Å². The number of nitrogens with zero attached hydrogens (tertiary/aromatic N) is 2. The standard InChI is InChI=1S/C25H29BrN2O3/c1-4-17(5-2)24-25(30)28(15-14-22(29)31-6-3)21-13-12-19(26)16-20(21)23(27-24)18-10-8-7-9-11-18/h7-13,16-17,24H,4-6,14-15H2,1-3H3/t24-/m0/s1. The average Bonchev–Trinajstić information content (AvgIpc) is 2.89. The molecule has 31 heavy (non-hydrogen) atoms. The fourth-order valence-corrected chi connectivity index (χ4v) is 4.37. The second kappa shape index (κ2) is 10.7. The zero-order chi connectivity index (χ0) is 22.4. The first-order chi connectivity index (χ1) is 15.0. The zero-order valence-electron chi connectivity index (χ0n) is 18.3. The fraction of sp³-hybridized carbons (Fsp3) is 0.400. The van der Waals surface area contributed by atoms with Gasteiger partial charge in [-0.2, -0.15) is 0 Å². The van der Waals surface area contributed by atoms with E-state index in [1.807, 2.05) is 48.5 Å². The highest BCUT2D eigenvalue weighted by Gasteiger charge is 2.35. The summed E-state index contributed by atoms with van der Waals surface area (Å²) in [6.45, 7) is 6.56. The van der Waals surface area contributed by atoms with Gasteiger partial charge in [-0.25, -0.2) is 0 Å². The van der Waals surface area contributed by atoms with Gasteiger partial charge in [0.25, 0.3) is 5.91 Å². The van der Waals surface area contributed by atoms with E-state index in [0.29, 0.717) is 6.61 Å². The molecule has 0 spiro atoms. The molecule has 0 fully saturated rings. The highest BCUT2D eigenvalue weighted by atomic mass is 79.9. The molecule has 164 valence electrons. The molecule has 6 heteroatoms. The Morgan fingerprint density at radius 3 is 2.48 bits per heavy atom. The lowest BCUT2D eigenvalue weighted by Gasteiger charge is -2.28. The SMILES string of the molecule is CCOC(=O)CCN1C(=O)[C@H](C(CC)CC)N=C(c2ccccc2)c2cc(Br)ccc21. The van der Waals surface area contributed by atoms with E-state index in [9.17, 15) is 9.59 Å². The van der Waals surface area contributed by atoms with Crippen LogP contribution in [0.3, 0.4) is 0 Å². The monoisotopic (exact) mass is 484 g/mol. The van der Waals surface area contributed by atoms with Crippen molar-refractivity contribution in [3.8, 4) is 0 Å². The molecule has 0 unspecified atom stereocenters. The lowest BCUT2D eigenvalue weighted by molar-refractivity contribution is -0.142. The Morgan fingerprint density at radius 2 is 1.84 bits per heavy atom. The van der Waals surface area contributed by atoms with E-state index in [1.165, 1.54) is 0 Å². The van der Waals surface area contributed by atoms with Gasteiger partial charge in [-0.1, -0.05) is 73.0 Å². The first kappa shape index (κ1) is 23.2. The molecular weight excluding hydrogens is 456 g/mol. The number of amides is 1. The fourth-order valence-electron chi connectivity index (χ4n) is 4.01. The predicted octanol–water partition coefficient (Wildman–Crippen LogP) is 5.39. The Balaban J connectivity index is 2.15. The number of halogens is 1. The van der Waals surface area contributed by atoms with Crippen molar-refractivity contribution >= 4 is 39.2 Å². The Hall–Kier alpha value is -2.47. The second-order valence-electron chi connectivity index (χ2n) is 7.57. The minimum absolute atomic E-state index is 0.0625. The van der Waals surface area contributed by atoms with Crippen molar-refractivity contribution in [3.63, 3.8) is 0 Å². The summed E-state index contributed by atoms with van der Waals surface area (Å²) in [6, 6.07) is 15.3. The Labute approximate surface area is 192 Å². The Kier molecular flexibility index (Phi) is 8.02. The molecule has 0 N–H and O–H groups in total. The second-order valence-corrected chi connectivity index (χ2v) is 8.49. The molecular formula is C25H29BrN2O3. The van der Waals surface area contributed by atoms with Gasteiger partial charge in [-0.3, -0.25) is 14.6 Å². The van der Waals surface area contributed by atoms with Gasteiger partial charge >= 0.3 is 5.97 Å². The highest BCUT2D eigenvalue weighted by molar-refractivity contribution is 9.10. The van der Waals surface area contributed by atoms with E-state index in [2.05, 4.69) is 29.8 Å². The smallest absolute Gasteiger partial charge is 0.307 e. The highest BCUT2D eigenvalue weighted by Crippen LogP contribution is 2.33. The van der Waals surface area contributed by atoms with Crippen LogP contribution in [0.25, 0.3) is 0 Å². The van der Waals surface area contributed by atoms with Crippen molar-refractivity contribution in [1.29, 1.82) is 0 Å². The number of rotatable bonds is 8. The normalized spacial score (nSPS) is 16.0. The number of carbonyl (C=O) groups excluding carboxylic acids is 2. The maximum Gasteiger partial charge on any atom is 0.307 e. The van der Waals surface area contributed by atoms with Crippen LogP contribution in [0, 0.1) is 5.92 Å². The number of aliphatic imine (C=N–C) groups is 1.